The second-order valence-corrected chi connectivity index (χ2v) is 3.40. The molecule has 0 unspecified atom stereocenters. The smallest absolute Gasteiger partial charge is 0.337 e. The molecule has 0 aromatic heterocycles. The van der Waals surface area contributed by atoms with E-state index in [9.17, 15) is 4.79 Å². The second kappa shape index (κ2) is 5.53. The SMILES string of the molecule is NCCC=Cc1cccc(Cl)c1C(=O)O. The summed E-state index contributed by atoms with van der Waals surface area (Å²) in [6.07, 6.45) is 4.27. The van der Waals surface area contributed by atoms with Gasteiger partial charge in [0, 0.05) is 0 Å². The molecule has 3 N–H and O–H groups in total. The van der Waals surface area contributed by atoms with Crippen molar-refractivity contribution in [2.24, 2.45) is 5.73 Å². The van der Waals surface area contributed by atoms with Crippen molar-refractivity contribution < 1.29 is 9.90 Å². The third-order valence-electron chi connectivity index (χ3n) is 1.89. The maximum Gasteiger partial charge on any atom is 0.337 e. The first kappa shape index (κ1) is 11.8. The summed E-state index contributed by atoms with van der Waals surface area (Å²) in [5.41, 5.74) is 6.06. The number of hydrogen-bond donors (Lipinski definition) is 2. The van der Waals surface area contributed by atoms with Gasteiger partial charge in [-0.2, -0.15) is 0 Å². The molecule has 1 rings (SSSR count). The van der Waals surface area contributed by atoms with Crippen molar-refractivity contribution >= 4 is 23.6 Å². The third-order valence-corrected chi connectivity index (χ3v) is 2.21. The maximum atomic E-state index is 10.9. The quantitative estimate of drug-likeness (QED) is 0.827. The summed E-state index contributed by atoms with van der Waals surface area (Å²) in [6.45, 7) is 0.541. The first-order valence-corrected chi connectivity index (χ1v) is 4.93. The Kier molecular flexibility index (Phi) is 4.34. The van der Waals surface area contributed by atoms with E-state index in [0.29, 0.717) is 18.5 Å². The number of benzene rings is 1. The molecule has 0 saturated heterocycles. The zero-order valence-corrected chi connectivity index (χ0v) is 8.87. The molecular weight excluding hydrogens is 214 g/mol. The molecule has 0 aliphatic rings. The number of carboxylic acid groups (broad SMARTS) is 1. The van der Waals surface area contributed by atoms with E-state index in [-0.39, 0.29) is 10.6 Å². The Morgan fingerprint density at radius 2 is 2.27 bits per heavy atom. The van der Waals surface area contributed by atoms with Crippen molar-refractivity contribution in [3.8, 4) is 0 Å². The molecule has 0 fully saturated rings. The van der Waals surface area contributed by atoms with Gasteiger partial charge in [0.2, 0.25) is 0 Å². The minimum absolute atomic E-state index is 0.132. The van der Waals surface area contributed by atoms with Crippen LogP contribution in [0.1, 0.15) is 22.3 Å². The van der Waals surface area contributed by atoms with E-state index in [2.05, 4.69) is 0 Å². The molecule has 0 atom stereocenters. The van der Waals surface area contributed by atoms with Crippen LogP contribution in [-0.4, -0.2) is 17.6 Å². The summed E-state index contributed by atoms with van der Waals surface area (Å²) >= 11 is 5.80. The van der Waals surface area contributed by atoms with Gasteiger partial charge in [-0.05, 0) is 24.6 Å². The van der Waals surface area contributed by atoms with E-state index in [0.717, 1.165) is 0 Å². The topological polar surface area (TPSA) is 63.3 Å². The zero-order valence-electron chi connectivity index (χ0n) is 8.11. The van der Waals surface area contributed by atoms with E-state index >= 15 is 0 Å². The molecular formula is C11H12ClNO2. The van der Waals surface area contributed by atoms with Gasteiger partial charge in [0.05, 0.1) is 10.6 Å². The van der Waals surface area contributed by atoms with Gasteiger partial charge in [-0.3, -0.25) is 0 Å². The van der Waals surface area contributed by atoms with Crippen LogP contribution >= 0.6 is 11.6 Å². The van der Waals surface area contributed by atoms with Crippen LogP contribution in [0.15, 0.2) is 24.3 Å². The summed E-state index contributed by atoms with van der Waals surface area (Å²) in [5.74, 6) is -1.02. The van der Waals surface area contributed by atoms with E-state index in [1.807, 2.05) is 6.08 Å². The highest BCUT2D eigenvalue weighted by molar-refractivity contribution is 6.33. The molecule has 3 nitrogen and oxygen atoms in total. The fourth-order valence-corrected chi connectivity index (χ4v) is 1.47. The molecule has 0 amide bonds. The van der Waals surface area contributed by atoms with Crippen molar-refractivity contribution in [3.05, 3.63) is 40.4 Å². The molecule has 0 radical (unpaired) electrons. The lowest BCUT2D eigenvalue weighted by Crippen LogP contribution is -2.00. The predicted molar refractivity (Wildman–Crippen MR) is 61.1 cm³/mol. The lowest BCUT2D eigenvalue weighted by atomic mass is 10.1. The van der Waals surface area contributed by atoms with Gasteiger partial charge in [-0.25, -0.2) is 4.79 Å². The van der Waals surface area contributed by atoms with Gasteiger partial charge in [-0.1, -0.05) is 35.9 Å². The number of hydrogen-bond acceptors (Lipinski definition) is 2. The van der Waals surface area contributed by atoms with Crippen molar-refractivity contribution in [2.45, 2.75) is 6.42 Å². The Morgan fingerprint density at radius 1 is 1.53 bits per heavy atom. The Labute approximate surface area is 93.2 Å². The molecule has 1 aromatic rings. The van der Waals surface area contributed by atoms with E-state index in [4.69, 9.17) is 22.4 Å². The van der Waals surface area contributed by atoms with E-state index in [1.165, 1.54) is 0 Å². The normalized spacial score (nSPS) is 10.8. The number of nitrogens with two attached hydrogens (primary N) is 1. The summed E-state index contributed by atoms with van der Waals surface area (Å²) in [6, 6.07) is 4.99. The average Bonchev–Trinajstić information content (AvgIpc) is 2.17. The fourth-order valence-electron chi connectivity index (χ4n) is 1.21. The van der Waals surface area contributed by atoms with Gasteiger partial charge in [-0.15, -0.1) is 0 Å². The Morgan fingerprint density at radius 3 is 2.87 bits per heavy atom. The van der Waals surface area contributed by atoms with Gasteiger partial charge in [0.15, 0.2) is 0 Å². The molecule has 0 spiro atoms. The highest BCUT2D eigenvalue weighted by Crippen LogP contribution is 2.21. The van der Waals surface area contributed by atoms with Crippen LogP contribution in [0.4, 0.5) is 0 Å². The summed E-state index contributed by atoms with van der Waals surface area (Å²) in [4.78, 5) is 10.9. The van der Waals surface area contributed by atoms with Crippen LogP contribution in [0.25, 0.3) is 6.08 Å². The van der Waals surface area contributed by atoms with Crippen LogP contribution < -0.4 is 5.73 Å². The van der Waals surface area contributed by atoms with Crippen LogP contribution in [-0.2, 0) is 0 Å². The molecule has 15 heavy (non-hydrogen) atoms. The minimum Gasteiger partial charge on any atom is -0.478 e. The van der Waals surface area contributed by atoms with E-state index < -0.39 is 5.97 Å². The summed E-state index contributed by atoms with van der Waals surface area (Å²) in [5, 5.41) is 9.21. The third kappa shape index (κ3) is 3.08. The second-order valence-electron chi connectivity index (χ2n) is 2.99. The lowest BCUT2D eigenvalue weighted by molar-refractivity contribution is 0.0697. The van der Waals surface area contributed by atoms with Gasteiger partial charge in [0.1, 0.15) is 0 Å². The van der Waals surface area contributed by atoms with Gasteiger partial charge in [0.25, 0.3) is 0 Å². The number of aromatic carboxylic acids is 1. The van der Waals surface area contributed by atoms with Gasteiger partial charge >= 0.3 is 5.97 Å². The first-order chi connectivity index (χ1) is 7.16. The number of halogens is 1. The largest absolute Gasteiger partial charge is 0.478 e. The number of rotatable bonds is 4. The first-order valence-electron chi connectivity index (χ1n) is 4.55. The molecule has 0 aliphatic carbocycles. The highest BCUT2D eigenvalue weighted by atomic mass is 35.5. The molecule has 0 saturated carbocycles. The Balaban J connectivity index is 3.06. The van der Waals surface area contributed by atoms with Gasteiger partial charge < -0.3 is 10.8 Å². The molecule has 80 valence electrons. The molecule has 0 bridgehead atoms. The van der Waals surface area contributed by atoms with Crippen molar-refractivity contribution in [1.29, 1.82) is 0 Å². The van der Waals surface area contributed by atoms with E-state index in [1.54, 1.807) is 24.3 Å². The van der Waals surface area contributed by atoms with Crippen molar-refractivity contribution in [3.63, 3.8) is 0 Å². The Hall–Kier alpha value is -1.32. The van der Waals surface area contributed by atoms with Crippen LogP contribution in [0, 0.1) is 0 Å². The monoisotopic (exact) mass is 225 g/mol. The zero-order chi connectivity index (χ0) is 11.3. The molecule has 0 heterocycles. The summed E-state index contributed by atoms with van der Waals surface area (Å²) < 4.78 is 0. The van der Waals surface area contributed by atoms with Crippen molar-refractivity contribution in [1.82, 2.24) is 0 Å². The molecule has 1 aromatic carbocycles. The minimum atomic E-state index is -1.02. The standard InChI is InChI=1S/C11H12ClNO2/c12-9-6-3-5-8(4-1-2-7-13)10(9)11(14)15/h1,3-6H,2,7,13H2,(H,14,15). The van der Waals surface area contributed by atoms with Crippen molar-refractivity contribution in [2.75, 3.05) is 6.54 Å². The lowest BCUT2D eigenvalue weighted by Gasteiger charge is -2.02. The average molecular weight is 226 g/mol. The van der Waals surface area contributed by atoms with Crippen LogP contribution in [0.2, 0.25) is 5.02 Å². The van der Waals surface area contributed by atoms with Crippen LogP contribution in [0.3, 0.4) is 0 Å². The Bertz CT molecular complexity index is 388. The molecule has 4 heteroatoms. The fraction of sp³-hybridized carbons (Fsp3) is 0.182. The predicted octanol–water partition coefficient (Wildman–Crippen LogP) is 2.40. The molecule has 0 aliphatic heterocycles. The maximum absolute atomic E-state index is 10.9. The van der Waals surface area contributed by atoms with Crippen LogP contribution in [0.5, 0.6) is 0 Å². The summed E-state index contributed by atoms with van der Waals surface area (Å²) in [7, 11) is 0. The number of carboxylic acids is 1. The number of carbonyl (C=O) groups is 1. The highest BCUT2D eigenvalue weighted by Gasteiger charge is 2.11.